The highest BCUT2D eigenvalue weighted by Gasteiger charge is 2.16. The van der Waals surface area contributed by atoms with E-state index in [2.05, 4.69) is 20.7 Å². The zero-order valence-electron chi connectivity index (χ0n) is 11.4. The van der Waals surface area contributed by atoms with Gasteiger partial charge in [-0.2, -0.15) is 0 Å². The second-order valence-corrected chi connectivity index (χ2v) is 6.90. The van der Waals surface area contributed by atoms with Crippen LogP contribution in [-0.2, 0) is 10.0 Å². The number of hydrogen-bond donors (Lipinski definition) is 1. The molecule has 7 heteroatoms. The fourth-order valence-corrected chi connectivity index (χ4v) is 3.45. The lowest BCUT2D eigenvalue weighted by molar-refractivity contribution is 0.411. The van der Waals surface area contributed by atoms with E-state index in [9.17, 15) is 12.8 Å². The van der Waals surface area contributed by atoms with Gasteiger partial charge in [0.25, 0.3) is 10.0 Å². The van der Waals surface area contributed by atoms with E-state index >= 15 is 0 Å². The van der Waals surface area contributed by atoms with Crippen molar-refractivity contribution < 1.29 is 17.5 Å². The van der Waals surface area contributed by atoms with Crippen LogP contribution in [0.4, 0.5) is 10.1 Å². The van der Waals surface area contributed by atoms with E-state index in [1.165, 1.54) is 37.4 Å². The number of ether oxygens (including phenoxy) is 1. The van der Waals surface area contributed by atoms with Gasteiger partial charge in [-0.15, -0.1) is 0 Å². The van der Waals surface area contributed by atoms with Gasteiger partial charge in [0.2, 0.25) is 0 Å². The molecule has 2 rings (SSSR count). The Morgan fingerprint density at radius 1 is 1.19 bits per heavy atom. The maximum atomic E-state index is 13.5. The first-order chi connectivity index (χ1) is 9.83. The summed E-state index contributed by atoms with van der Waals surface area (Å²) in [7, 11) is -2.30. The molecular weight excluding hydrogens is 361 g/mol. The third-order valence-corrected chi connectivity index (χ3v) is 4.86. The van der Waals surface area contributed by atoms with Gasteiger partial charge >= 0.3 is 0 Å². The standard InChI is InChI=1S/C14H13BrFNO3S/c1-9-3-4-10(7-13(9)16)17-21(18,19)11-5-6-14(20-2)12(15)8-11/h3-8,17H,1-2H3. The summed E-state index contributed by atoms with van der Waals surface area (Å²) in [5.74, 6) is 0.0569. The van der Waals surface area contributed by atoms with Crippen LogP contribution in [0, 0.1) is 12.7 Å². The molecule has 0 aliphatic carbocycles. The van der Waals surface area contributed by atoms with E-state index in [4.69, 9.17) is 4.74 Å². The Balaban J connectivity index is 2.33. The van der Waals surface area contributed by atoms with Gasteiger partial charge in [0.1, 0.15) is 11.6 Å². The molecule has 2 aromatic rings. The lowest BCUT2D eigenvalue weighted by atomic mass is 10.2. The summed E-state index contributed by atoms with van der Waals surface area (Å²) in [5.41, 5.74) is 0.621. The zero-order chi connectivity index (χ0) is 15.6. The van der Waals surface area contributed by atoms with E-state index in [1.807, 2.05) is 0 Å². The van der Waals surface area contributed by atoms with Gasteiger partial charge in [-0.3, -0.25) is 4.72 Å². The van der Waals surface area contributed by atoms with Gasteiger partial charge in [-0.25, -0.2) is 12.8 Å². The van der Waals surface area contributed by atoms with Crippen molar-refractivity contribution in [1.29, 1.82) is 0 Å². The van der Waals surface area contributed by atoms with Gasteiger partial charge in [-0.1, -0.05) is 6.07 Å². The molecule has 0 unspecified atom stereocenters. The largest absolute Gasteiger partial charge is 0.496 e. The first kappa shape index (κ1) is 15.8. The van der Waals surface area contributed by atoms with E-state index in [0.29, 0.717) is 15.8 Å². The van der Waals surface area contributed by atoms with Crippen LogP contribution >= 0.6 is 15.9 Å². The highest BCUT2D eigenvalue weighted by atomic mass is 79.9. The predicted octanol–water partition coefficient (Wildman–Crippen LogP) is 3.71. The Hall–Kier alpha value is -1.60. The van der Waals surface area contributed by atoms with Gasteiger partial charge in [0.05, 0.1) is 22.2 Å². The van der Waals surface area contributed by atoms with E-state index in [-0.39, 0.29) is 10.6 Å². The van der Waals surface area contributed by atoms with Crippen molar-refractivity contribution in [2.24, 2.45) is 0 Å². The number of rotatable bonds is 4. The molecule has 0 aromatic heterocycles. The third kappa shape index (κ3) is 3.54. The van der Waals surface area contributed by atoms with Crippen molar-refractivity contribution in [1.82, 2.24) is 0 Å². The molecule has 0 spiro atoms. The smallest absolute Gasteiger partial charge is 0.261 e. The van der Waals surface area contributed by atoms with Crippen LogP contribution in [0.3, 0.4) is 0 Å². The minimum Gasteiger partial charge on any atom is -0.496 e. The normalized spacial score (nSPS) is 11.2. The second kappa shape index (κ2) is 6.03. The second-order valence-electron chi connectivity index (χ2n) is 4.37. The molecule has 0 saturated heterocycles. The average molecular weight is 374 g/mol. The van der Waals surface area contributed by atoms with Crippen molar-refractivity contribution in [3.05, 3.63) is 52.3 Å². The maximum absolute atomic E-state index is 13.5. The fourth-order valence-electron chi connectivity index (χ4n) is 1.68. The summed E-state index contributed by atoms with van der Waals surface area (Å²) in [6.07, 6.45) is 0. The Morgan fingerprint density at radius 2 is 1.90 bits per heavy atom. The Bertz CT molecular complexity index is 778. The van der Waals surface area contributed by atoms with Crippen molar-refractivity contribution in [3.63, 3.8) is 0 Å². The van der Waals surface area contributed by atoms with Crippen LogP contribution in [0.2, 0.25) is 0 Å². The van der Waals surface area contributed by atoms with E-state index in [0.717, 1.165) is 6.07 Å². The Morgan fingerprint density at radius 3 is 2.48 bits per heavy atom. The summed E-state index contributed by atoms with van der Waals surface area (Å²) < 4.78 is 45.9. The molecule has 1 N–H and O–H groups in total. The highest BCUT2D eigenvalue weighted by molar-refractivity contribution is 9.10. The molecule has 0 heterocycles. The van der Waals surface area contributed by atoms with Crippen molar-refractivity contribution >= 4 is 31.6 Å². The summed E-state index contributed by atoms with van der Waals surface area (Å²) in [5, 5.41) is 0. The Kier molecular flexibility index (Phi) is 4.53. The first-order valence-corrected chi connectivity index (χ1v) is 8.23. The molecule has 0 radical (unpaired) electrons. The molecular formula is C14H13BrFNO3S. The maximum Gasteiger partial charge on any atom is 0.261 e. The summed E-state index contributed by atoms with van der Waals surface area (Å²) in [4.78, 5) is 0.0520. The molecule has 0 bridgehead atoms. The molecule has 0 saturated carbocycles. The lowest BCUT2D eigenvalue weighted by Crippen LogP contribution is -2.13. The van der Waals surface area contributed by atoms with Gasteiger partial charge < -0.3 is 4.74 Å². The topological polar surface area (TPSA) is 55.4 Å². The van der Waals surface area contributed by atoms with Crippen LogP contribution in [0.15, 0.2) is 45.8 Å². The molecule has 21 heavy (non-hydrogen) atoms. The number of sulfonamides is 1. The molecule has 0 aliphatic rings. The molecule has 0 fully saturated rings. The van der Waals surface area contributed by atoms with Gasteiger partial charge in [0, 0.05) is 0 Å². The number of halogens is 2. The van der Waals surface area contributed by atoms with Crippen LogP contribution in [-0.4, -0.2) is 15.5 Å². The first-order valence-electron chi connectivity index (χ1n) is 5.96. The minimum atomic E-state index is -3.79. The molecule has 0 amide bonds. The third-order valence-electron chi connectivity index (χ3n) is 2.86. The van der Waals surface area contributed by atoms with Crippen molar-refractivity contribution in [3.8, 4) is 5.75 Å². The van der Waals surface area contributed by atoms with Gasteiger partial charge in [-0.05, 0) is 58.7 Å². The summed E-state index contributed by atoms with van der Waals surface area (Å²) in [6.45, 7) is 1.61. The lowest BCUT2D eigenvalue weighted by Gasteiger charge is -2.10. The molecule has 2 aromatic carbocycles. The van der Waals surface area contributed by atoms with E-state index < -0.39 is 15.8 Å². The SMILES string of the molecule is COc1ccc(S(=O)(=O)Nc2ccc(C)c(F)c2)cc1Br. The predicted molar refractivity (Wildman–Crippen MR) is 82.6 cm³/mol. The quantitative estimate of drug-likeness (QED) is 0.888. The van der Waals surface area contributed by atoms with Crippen LogP contribution < -0.4 is 9.46 Å². The molecule has 0 aliphatic heterocycles. The van der Waals surface area contributed by atoms with Crippen LogP contribution in [0.5, 0.6) is 5.75 Å². The number of nitrogens with one attached hydrogen (secondary N) is 1. The number of hydrogen-bond acceptors (Lipinski definition) is 3. The van der Waals surface area contributed by atoms with Crippen LogP contribution in [0.25, 0.3) is 0 Å². The highest BCUT2D eigenvalue weighted by Crippen LogP contribution is 2.28. The van der Waals surface area contributed by atoms with Crippen LogP contribution in [0.1, 0.15) is 5.56 Å². The zero-order valence-corrected chi connectivity index (χ0v) is 13.8. The number of methoxy groups -OCH3 is 1. The average Bonchev–Trinajstić information content (AvgIpc) is 2.42. The number of anilines is 1. The van der Waals surface area contributed by atoms with Crippen molar-refractivity contribution in [2.75, 3.05) is 11.8 Å². The number of aryl methyl sites for hydroxylation is 1. The van der Waals surface area contributed by atoms with Gasteiger partial charge in [0.15, 0.2) is 0 Å². The number of benzene rings is 2. The molecule has 112 valence electrons. The monoisotopic (exact) mass is 373 g/mol. The van der Waals surface area contributed by atoms with Crippen molar-refractivity contribution in [2.45, 2.75) is 11.8 Å². The Labute approximate surface area is 131 Å². The van der Waals surface area contributed by atoms with E-state index in [1.54, 1.807) is 6.92 Å². The molecule has 4 nitrogen and oxygen atoms in total. The minimum absolute atomic E-state index is 0.0520. The summed E-state index contributed by atoms with van der Waals surface area (Å²) >= 11 is 3.23. The fraction of sp³-hybridized carbons (Fsp3) is 0.143. The summed E-state index contributed by atoms with van der Waals surface area (Å²) in [6, 6.07) is 8.54. The molecule has 0 atom stereocenters.